The van der Waals surface area contributed by atoms with Gasteiger partial charge < -0.3 is 4.74 Å². The number of nitro benzene ring substituents is 1. The summed E-state index contributed by atoms with van der Waals surface area (Å²) in [5, 5.41) is 10.6. The molecule has 1 atom stereocenters. The van der Waals surface area contributed by atoms with Crippen LogP contribution in [0.2, 0.25) is 0 Å². The lowest BCUT2D eigenvalue weighted by Gasteiger charge is -2.03. The van der Waals surface area contributed by atoms with E-state index in [1.807, 2.05) is 30.3 Å². The third-order valence-corrected chi connectivity index (χ3v) is 3.16. The Morgan fingerprint density at radius 3 is 2.45 bits per heavy atom. The molecule has 2 aromatic rings. The zero-order valence-electron chi connectivity index (χ0n) is 10.6. The molecule has 1 heterocycles. The lowest BCUT2D eigenvalue weighted by Crippen LogP contribution is -2.01. The van der Waals surface area contributed by atoms with Crippen LogP contribution in [0.3, 0.4) is 0 Å². The van der Waals surface area contributed by atoms with E-state index < -0.39 is 4.92 Å². The lowest BCUT2D eigenvalue weighted by molar-refractivity contribution is -0.384. The van der Waals surface area contributed by atoms with Crippen molar-refractivity contribution in [3.63, 3.8) is 0 Å². The minimum absolute atomic E-state index is 0.0126. The number of hydrogen-bond acceptors (Lipinski definition) is 4. The van der Waals surface area contributed by atoms with Gasteiger partial charge in [-0.1, -0.05) is 30.3 Å². The summed E-state index contributed by atoms with van der Waals surface area (Å²) in [6, 6.07) is 16.1. The second kappa shape index (κ2) is 5.13. The van der Waals surface area contributed by atoms with Gasteiger partial charge in [0, 0.05) is 17.7 Å². The standard InChI is InChI=1S/C15H12N2O3/c18-17(19)13-8-6-12(7-9-13)15-16-14(10-20-15)11-4-2-1-3-5-11/h1-9,14H,10H2/t14-/m1/s1. The smallest absolute Gasteiger partial charge is 0.269 e. The van der Waals surface area contributed by atoms with Crippen LogP contribution in [0.25, 0.3) is 0 Å². The predicted molar refractivity (Wildman–Crippen MR) is 74.8 cm³/mol. The first kappa shape index (κ1) is 12.3. The molecule has 3 rings (SSSR count). The summed E-state index contributed by atoms with van der Waals surface area (Å²) in [7, 11) is 0. The van der Waals surface area contributed by atoms with Gasteiger partial charge in [0.15, 0.2) is 0 Å². The molecule has 0 aliphatic carbocycles. The third kappa shape index (κ3) is 2.38. The molecule has 0 unspecified atom stereocenters. The summed E-state index contributed by atoms with van der Waals surface area (Å²) >= 11 is 0. The van der Waals surface area contributed by atoms with Crippen LogP contribution in [-0.2, 0) is 4.74 Å². The lowest BCUT2D eigenvalue weighted by atomic mass is 10.1. The number of ether oxygens (including phenoxy) is 1. The molecule has 2 aromatic carbocycles. The van der Waals surface area contributed by atoms with Crippen molar-refractivity contribution >= 4 is 11.6 Å². The molecular weight excluding hydrogens is 256 g/mol. The number of aliphatic imine (C=N–C) groups is 1. The van der Waals surface area contributed by atoms with Gasteiger partial charge in [-0.3, -0.25) is 10.1 Å². The molecule has 0 saturated carbocycles. The van der Waals surface area contributed by atoms with E-state index in [1.165, 1.54) is 12.1 Å². The van der Waals surface area contributed by atoms with E-state index >= 15 is 0 Å². The van der Waals surface area contributed by atoms with Crippen molar-refractivity contribution in [1.82, 2.24) is 0 Å². The second-order valence-corrected chi connectivity index (χ2v) is 4.48. The van der Waals surface area contributed by atoms with Gasteiger partial charge in [0.1, 0.15) is 12.6 Å². The Morgan fingerprint density at radius 2 is 1.80 bits per heavy atom. The van der Waals surface area contributed by atoms with Gasteiger partial charge in [0.05, 0.1) is 4.92 Å². The van der Waals surface area contributed by atoms with Crippen LogP contribution in [0.1, 0.15) is 17.2 Å². The Hall–Kier alpha value is -2.69. The summed E-state index contributed by atoms with van der Waals surface area (Å²) in [4.78, 5) is 14.7. The van der Waals surface area contributed by atoms with E-state index in [0.717, 1.165) is 11.1 Å². The van der Waals surface area contributed by atoms with Crippen molar-refractivity contribution in [2.45, 2.75) is 6.04 Å². The van der Waals surface area contributed by atoms with Crippen molar-refractivity contribution < 1.29 is 9.66 Å². The Morgan fingerprint density at radius 1 is 1.10 bits per heavy atom. The first-order chi connectivity index (χ1) is 9.74. The van der Waals surface area contributed by atoms with Crippen molar-refractivity contribution in [1.29, 1.82) is 0 Å². The minimum atomic E-state index is -0.423. The quantitative estimate of drug-likeness (QED) is 0.634. The number of hydrogen-bond donors (Lipinski definition) is 0. The molecule has 0 amide bonds. The topological polar surface area (TPSA) is 64.7 Å². The summed E-state index contributed by atoms with van der Waals surface area (Å²) in [5.74, 6) is 0.536. The normalized spacial score (nSPS) is 17.4. The van der Waals surface area contributed by atoms with Crippen LogP contribution in [-0.4, -0.2) is 17.4 Å². The van der Waals surface area contributed by atoms with E-state index in [9.17, 15) is 10.1 Å². The van der Waals surface area contributed by atoms with E-state index in [-0.39, 0.29) is 11.7 Å². The van der Waals surface area contributed by atoms with Crippen LogP contribution in [0.4, 0.5) is 5.69 Å². The number of non-ortho nitro benzene ring substituents is 1. The van der Waals surface area contributed by atoms with Crippen molar-refractivity contribution in [3.8, 4) is 0 Å². The Kier molecular flexibility index (Phi) is 3.16. The fraction of sp³-hybridized carbons (Fsp3) is 0.133. The van der Waals surface area contributed by atoms with Crippen LogP contribution >= 0.6 is 0 Å². The van der Waals surface area contributed by atoms with Crippen LogP contribution < -0.4 is 0 Å². The summed E-state index contributed by atoms with van der Waals surface area (Å²) in [6.07, 6.45) is 0. The van der Waals surface area contributed by atoms with E-state index in [2.05, 4.69) is 4.99 Å². The highest BCUT2D eigenvalue weighted by atomic mass is 16.6. The van der Waals surface area contributed by atoms with E-state index in [4.69, 9.17) is 4.74 Å². The number of benzene rings is 2. The largest absolute Gasteiger partial charge is 0.475 e. The predicted octanol–water partition coefficient (Wildman–Crippen LogP) is 3.11. The van der Waals surface area contributed by atoms with Gasteiger partial charge in [0.25, 0.3) is 5.69 Å². The molecule has 0 N–H and O–H groups in total. The molecule has 5 nitrogen and oxygen atoms in total. The fourth-order valence-electron chi connectivity index (χ4n) is 2.10. The van der Waals surface area contributed by atoms with Gasteiger partial charge >= 0.3 is 0 Å². The Bertz CT molecular complexity index is 651. The molecule has 5 heteroatoms. The highest BCUT2D eigenvalue weighted by Crippen LogP contribution is 2.25. The third-order valence-electron chi connectivity index (χ3n) is 3.16. The first-order valence-corrected chi connectivity index (χ1v) is 6.24. The maximum atomic E-state index is 10.6. The number of nitro groups is 1. The van der Waals surface area contributed by atoms with Crippen LogP contribution in [0, 0.1) is 10.1 Å². The average Bonchev–Trinajstić information content (AvgIpc) is 2.98. The number of rotatable bonds is 3. The highest BCUT2D eigenvalue weighted by Gasteiger charge is 2.21. The fourth-order valence-corrected chi connectivity index (χ4v) is 2.10. The Balaban J connectivity index is 1.83. The molecule has 0 fully saturated rings. The molecular formula is C15H12N2O3. The molecule has 0 spiro atoms. The van der Waals surface area contributed by atoms with Gasteiger partial charge in [0.2, 0.25) is 5.90 Å². The SMILES string of the molecule is O=[N+]([O-])c1ccc(C2=N[C@@H](c3ccccc3)CO2)cc1. The van der Waals surface area contributed by atoms with Gasteiger partial charge in [-0.15, -0.1) is 0 Å². The molecule has 1 aliphatic heterocycles. The monoisotopic (exact) mass is 268 g/mol. The zero-order chi connectivity index (χ0) is 13.9. The van der Waals surface area contributed by atoms with Crippen molar-refractivity contribution in [3.05, 3.63) is 75.8 Å². The molecule has 100 valence electrons. The minimum Gasteiger partial charge on any atom is -0.475 e. The van der Waals surface area contributed by atoms with Crippen LogP contribution in [0.15, 0.2) is 59.6 Å². The van der Waals surface area contributed by atoms with Crippen LogP contribution in [0.5, 0.6) is 0 Å². The molecule has 0 saturated heterocycles. The van der Waals surface area contributed by atoms with Crippen molar-refractivity contribution in [2.24, 2.45) is 4.99 Å². The summed E-state index contributed by atoms with van der Waals surface area (Å²) < 4.78 is 5.59. The first-order valence-electron chi connectivity index (χ1n) is 6.24. The maximum Gasteiger partial charge on any atom is 0.269 e. The van der Waals surface area contributed by atoms with Gasteiger partial charge in [-0.2, -0.15) is 0 Å². The molecule has 1 aliphatic rings. The van der Waals surface area contributed by atoms with E-state index in [0.29, 0.717) is 12.5 Å². The summed E-state index contributed by atoms with van der Waals surface area (Å²) in [6.45, 7) is 0.496. The highest BCUT2D eigenvalue weighted by molar-refractivity contribution is 5.95. The number of nitrogens with zero attached hydrogens (tertiary/aromatic N) is 2. The zero-order valence-corrected chi connectivity index (χ0v) is 10.6. The van der Waals surface area contributed by atoms with Gasteiger partial charge in [-0.05, 0) is 17.7 Å². The molecule has 0 bridgehead atoms. The summed E-state index contributed by atoms with van der Waals surface area (Å²) in [5.41, 5.74) is 1.92. The maximum absolute atomic E-state index is 10.6. The molecule has 0 radical (unpaired) electrons. The second-order valence-electron chi connectivity index (χ2n) is 4.48. The van der Waals surface area contributed by atoms with Gasteiger partial charge in [-0.25, -0.2) is 4.99 Å². The molecule has 20 heavy (non-hydrogen) atoms. The van der Waals surface area contributed by atoms with Crippen molar-refractivity contribution in [2.75, 3.05) is 6.61 Å². The van der Waals surface area contributed by atoms with E-state index in [1.54, 1.807) is 12.1 Å². The molecule has 0 aromatic heterocycles. The average molecular weight is 268 g/mol. The Labute approximate surface area is 115 Å².